The van der Waals surface area contributed by atoms with Gasteiger partial charge in [0.05, 0.1) is 5.56 Å². The molecule has 0 spiro atoms. The molecule has 1 N–H and O–H groups in total. The number of rotatable bonds is 3. The first-order valence-electron chi connectivity index (χ1n) is 8.92. The van der Waals surface area contributed by atoms with Crippen LogP contribution in [-0.4, -0.2) is 33.9 Å². The molecule has 3 aromatic rings. The Labute approximate surface area is 152 Å². The molecule has 0 unspecified atom stereocenters. The minimum atomic E-state index is -0.204. The number of fused-ring (bicyclic) bond motifs is 1. The van der Waals surface area contributed by atoms with E-state index >= 15 is 0 Å². The van der Waals surface area contributed by atoms with Crippen molar-refractivity contribution in [3.8, 4) is 0 Å². The van der Waals surface area contributed by atoms with Gasteiger partial charge in [0, 0.05) is 43.1 Å². The number of nitrogens with zero attached hydrogens (tertiary/aromatic N) is 4. The molecule has 26 heavy (non-hydrogen) atoms. The summed E-state index contributed by atoms with van der Waals surface area (Å²) in [5.41, 5.74) is 3.58. The minimum Gasteiger partial charge on any atom is -0.372 e. The lowest BCUT2D eigenvalue weighted by Crippen LogP contribution is -2.32. The normalized spacial score (nSPS) is 15.2. The zero-order chi connectivity index (χ0) is 17.9. The first-order chi connectivity index (χ1) is 12.7. The predicted octanol–water partition coefficient (Wildman–Crippen LogP) is 3.51. The van der Waals surface area contributed by atoms with Crippen molar-refractivity contribution in [2.24, 2.45) is 5.92 Å². The summed E-state index contributed by atoms with van der Waals surface area (Å²) in [5.74, 6) is 0.606. The van der Waals surface area contributed by atoms with Crippen molar-refractivity contribution in [1.82, 2.24) is 15.0 Å². The summed E-state index contributed by atoms with van der Waals surface area (Å²) in [6.07, 6.45) is 7.16. The van der Waals surface area contributed by atoms with Crippen LogP contribution in [0.2, 0.25) is 0 Å². The maximum absolute atomic E-state index is 12.5. The Morgan fingerprint density at radius 2 is 1.81 bits per heavy atom. The zero-order valence-corrected chi connectivity index (χ0v) is 14.7. The van der Waals surface area contributed by atoms with Crippen molar-refractivity contribution in [2.75, 3.05) is 23.3 Å². The van der Waals surface area contributed by atoms with Crippen molar-refractivity contribution in [1.29, 1.82) is 0 Å². The van der Waals surface area contributed by atoms with E-state index in [1.807, 2.05) is 12.1 Å². The van der Waals surface area contributed by atoms with Gasteiger partial charge in [-0.05, 0) is 49.1 Å². The number of anilines is 2. The van der Waals surface area contributed by atoms with Crippen LogP contribution < -0.4 is 10.2 Å². The summed E-state index contributed by atoms with van der Waals surface area (Å²) in [6, 6.07) is 9.72. The van der Waals surface area contributed by atoms with Crippen LogP contribution in [-0.2, 0) is 0 Å². The van der Waals surface area contributed by atoms with Crippen LogP contribution in [0.25, 0.3) is 11.2 Å². The fourth-order valence-electron chi connectivity index (χ4n) is 3.21. The van der Waals surface area contributed by atoms with Crippen LogP contribution in [0.3, 0.4) is 0 Å². The van der Waals surface area contributed by atoms with Gasteiger partial charge in [-0.15, -0.1) is 0 Å². The molecule has 2 aromatic heterocycles. The summed E-state index contributed by atoms with van der Waals surface area (Å²) >= 11 is 0. The lowest BCUT2D eigenvalue weighted by Gasteiger charge is -2.32. The average Bonchev–Trinajstić information content (AvgIpc) is 2.69. The SMILES string of the molecule is CC1CCN(c2ccc(NC(=O)c3cnc4nccnc4c3)cc2)CC1. The number of amides is 1. The van der Waals surface area contributed by atoms with Gasteiger partial charge in [0.25, 0.3) is 5.91 Å². The number of carbonyl (C=O) groups is 1. The zero-order valence-electron chi connectivity index (χ0n) is 14.7. The van der Waals surface area contributed by atoms with E-state index in [2.05, 4.69) is 44.2 Å². The molecule has 0 radical (unpaired) electrons. The average molecular weight is 347 g/mol. The number of hydrogen-bond acceptors (Lipinski definition) is 5. The third-order valence-electron chi connectivity index (χ3n) is 4.86. The smallest absolute Gasteiger partial charge is 0.257 e. The van der Waals surface area contributed by atoms with Gasteiger partial charge in [-0.3, -0.25) is 9.78 Å². The first kappa shape index (κ1) is 16.4. The second kappa shape index (κ2) is 7.07. The quantitative estimate of drug-likeness (QED) is 0.785. The van der Waals surface area contributed by atoms with Crippen molar-refractivity contribution in [3.63, 3.8) is 0 Å². The van der Waals surface area contributed by atoms with Crippen LogP contribution in [0, 0.1) is 5.92 Å². The first-order valence-corrected chi connectivity index (χ1v) is 8.92. The third-order valence-corrected chi connectivity index (χ3v) is 4.86. The van der Waals surface area contributed by atoms with Crippen LogP contribution in [0.5, 0.6) is 0 Å². The monoisotopic (exact) mass is 347 g/mol. The van der Waals surface area contributed by atoms with Gasteiger partial charge in [0.15, 0.2) is 5.65 Å². The number of aromatic nitrogens is 3. The molecular formula is C20H21N5O. The Morgan fingerprint density at radius 3 is 2.58 bits per heavy atom. The van der Waals surface area contributed by atoms with Gasteiger partial charge in [0.1, 0.15) is 5.52 Å². The molecular weight excluding hydrogens is 326 g/mol. The van der Waals surface area contributed by atoms with Crippen LogP contribution in [0.1, 0.15) is 30.1 Å². The Hall–Kier alpha value is -3.02. The highest BCUT2D eigenvalue weighted by atomic mass is 16.1. The van der Waals surface area contributed by atoms with E-state index in [0.29, 0.717) is 16.7 Å². The molecule has 4 rings (SSSR count). The lowest BCUT2D eigenvalue weighted by molar-refractivity contribution is 0.102. The van der Waals surface area contributed by atoms with Crippen LogP contribution in [0.15, 0.2) is 48.9 Å². The van der Waals surface area contributed by atoms with Crippen LogP contribution in [0.4, 0.5) is 11.4 Å². The summed E-state index contributed by atoms with van der Waals surface area (Å²) in [4.78, 5) is 27.4. The summed E-state index contributed by atoms with van der Waals surface area (Å²) < 4.78 is 0. The topological polar surface area (TPSA) is 71.0 Å². The minimum absolute atomic E-state index is 0.204. The number of nitrogens with one attached hydrogen (secondary N) is 1. The molecule has 1 aliphatic heterocycles. The van der Waals surface area contributed by atoms with Gasteiger partial charge in [0.2, 0.25) is 0 Å². The highest BCUT2D eigenvalue weighted by Crippen LogP contribution is 2.24. The molecule has 132 valence electrons. The largest absolute Gasteiger partial charge is 0.372 e. The maximum atomic E-state index is 12.5. The van der Waals surface area contributed by atoms with Crippen molar-refractivity contribution in [2.45, 2.75) is 19.8 Å². The molecule has 1 aromatic carbocycles. The Balaban J connectivity index is 1.45. The number of pyridine rings is 1. The van der Waals surface area contributed by atoms with E-state index in [0.717, 1.165) is 24.7 Å². The standard InChI is InChI=1S/C20H21N5O/c1-14-6-10-25(11-7-14)17-4-2-16(3-5-17)24-20(26)15-12-18-19(23-13-15)22-9-8-21-18/h2-5,8-9,12-14H,6-7,10-11H2,1H3,(H,24,26). The second-order valence-corrected chi connectivity index (χ2v) is 6.79. The van der Waals surface area contributed by atoms with Crippen molar-refractivity contribution in [3.05, 3.63) is 54.5 Å². The van der Waals surface area contributed by atoms with Gasteiger partial charge >= 0.3 is 0 Å². The van der Waals surface area contributed by atoms with Crippen LogP contribution >= 0.6 is 0 Å². The van der Waals surface area contributed by atoms with Crippen molar-refractivity contribution >= 4 is 28.4 Å². The molecule has 1 fully saturated rings. The fraction of sp³-hybridized carbons (Fsp3) is 0.300. The fourth-order valence-corrected chi connectivity index (χ4v) is 3.21. The molecule has 6 heteroatoms. The Kier molecular flexibility index (Phi) is 4.48. The van der Waals surface area contributed by atoms with E-state index in [1.54, 1.807) is 18.5 Å². The van der Waals surface area contributed by atoms with E-state index in [-0.39, 0.29) is 5.91 Å². The second-order valence-electron chi connectivity index (χ2n) is 6.79. The predicted molar refractivity (Wildman–Crippen MR) is 102 cm³/mol. The molecule has 1 aliphatic rings. The summed E-state index contributed by atoms with van der Waals surface area (Å²) in [6.45, 7) is 4.50. The molecule has 0 aliphatic carbocycles. The molecule has 6 nitrogen and oxygen atoms in total. The molecule has 0 bridgehead atoms. The third kappa shape index (κ3) is 3.49. The van der Waals surface area contributed by atoms with Crippen molar-refractivity contribution < 1.29 is 4.79 Å². The molecule has 0 atom stereocenters. The van der Waals surface area contributed by atoms with E-state index < -0.39 is 0 Å². The maximum Gasteiger partial charge on any atom is 0.257 e. The molecule has 3 heterocycles. The van der Waals surface area contributed by atoms with Gasteiger partial charge in [-0.2, -0.15) is 0 Å². The Morgan fingerprint density at radius 1 is 1.08 bits per heavy atom. The lowest BCUT2D eigenvalue weighted by atomic mass is 9.99. The van der Waals surface area contributed by atoms with Gasteiger partial charge in [-0.25, -0.2) is 9.97 Å². The Bertz CT molecular complexity index is 917. The van der Waals surface area contributed by atoms with Gasteiger partial charge in [-0.1, -0.05) is 6.92 Å². The summed E-state index contributed by atoms with van der Waals surface area (Å²) in [5, 5.41) is 2.91. The van der Waals surface area contributed by atoms with E-state index in [9.17, 15) is 4.79 Å². The highest BCUT2D eigenvalue weighted by Gasteiger charge is 2.16. The molecule has 1 amide bonds. The van der Waals surface area contributed by atoms with E-state index in [4.69, 9.17) is 0 Å². The number of hydrogen-bond donors (Lipinski definition) is 1. The highest BCUT2D eigenvalue weighted by molar-refractivity contribution is 6.05. The number of piperidine rings is 1. The van der Waals surface area contributed by atoms with E-state index in [1.165, 1.54) is 24.7 Å². The molecule has 1 saturated heterocycles. The van der Waals surface area contributed by atoms with Gasteiger partial charge < -0.3 is 10.2 Å². The summed E-state index contributed by atoms with van der Waals surface area (Å²) in [7, 11) is 0. The number of benzene rings is 1. The molecule has 0 saturated carbocycles. The number of carbonyl (C=O) groups excluding carboxylic acids is 1.